The molecule has 88 valence electrons. The first-order valence-electron chi connectivity index (χ1n) is 6.66. The Bertz CT molecular complexity index is 181. The van der Waals surface area contributed by atoms with E-state index >= 15 is 0 Å². The molecular weight excluding hydrogens is 206 g/mol. The van der Waals surface area contributed by atoms with Gasteiger partial charge in [0, 0.05) is 11.4 Å². The van der Waals surface area contributed by atoms with Gasteiger partial charge in [0.25, 0.3) is 0 Å². The van der Waals surface area contributed by atoms with E-state index in [9.17, 15) is 0 Å². The third-order valence-corrected chi connectivity index (χ3v) is 4.82. The Morgan fingerprint density at radius 1 is 1.00 bits per heavy atom. The molecule has 0 aromatic carbocycles. The van der Waals surface area contributed by atoms with Crippen molar-refractivity contribution >= 4 is 11.6 Å². The third kappa shape index (κ3) is 3.10. The predicted molar refractivity (Wildman–Crippen MR) is 66.5 cm³/mol. The van der Waals surface area contributed by atoms with Gasteiger partial charge in [-0.25, -0.2) is 0 Å². The van der Waals surface area contributed by atoms with Crippen LogP contribution in [0.15, 0.2) is 0 Å². The molecule has 2 aliphatic carbocycles. The first-order valence-corrected chi connectivity index (χ1v) is 7.19. The van der Waals surface area contributed by atoms with E-state index in [0.29, 0.717) is 5.54 Å². The molecule has 0 radical (unpaired) electrons. The monoisotopic (exact) mass is 229 g/mol. The molecule has 1 nitrogen and oxygen atoms in total. The number of hydrogen-bond donors (Lipinski definition) is 1. The van der Waals surface area contributed by atoms with Gasteiger partial charge in [-0.3, -0.25) is 0 Å². The van der Waals surface area contributed by atoms with E-state index in [1.807, 2.05) is 0 Å². The van der Waals surface area contributed by atoms with Gasteiger partial charge < -0.3 is 5.32 Å². The lowest BCUT2D eigenvalue weighted by atomic mass is 9.83. The van der Waals surface area contributed by atoms with Crippen LogP contribution in [0.3, 0.4) is 0 Å². The van der Waals surface area contributed by atoms with Crippen LogP contribution in [0.25, 0.3) is 0 Å². The summed E-state index contributed by atoms with van der Waals surface area (Å²) in [5, 5.41) is 3.79. The van der Waals surface area contributed by atoms with Crippen molar-refractivity contribution in [2.75, 3.05) is 12.4 Å². The van der Waals surface area contributed by atoms with Crippen molar-refractivity contribution in [2.24, 2.45) is 5.92 Å². The Hall–Kier alpha value is 0.250. The summed E-state index contributed by atoms with van der Waals surface area (Å²) in [4.78, 5) is 0. The maximum absolute atomic E-state index is 6.16. The van der Waals surface area contributed by atoms with Crippen LogP contribution in [0.1, 0.15) is 57.8 Å². The third-order valence-electron chi connectivity index (χ3n) is 4.31. The van der Waals surface area contributed by atoms with Gasteiger partial charge in [-0.15, -0.1) is 11.6 Å². The topological polar surface area (TPSA) is 12.0 Å². The van der Waals surface area contributed by atoms with Gasteiger partial charge >= 0.3 is 0 Å². The van der Waals surface area contributed by atoms with Crippen LogP contribution in [0.5, 0.6) is 0 Å². The number of nitrogens with one attached hydrogen (secondary N) is 1. The molecule has 0 spiro atoms. The lowest BCUT2D eigenvalue weighted by Gasteiger charge is -2.37. The summed E-state index contributed by atoms with van der Waals surface area (Å²) in [6.07, 6.45) is 12.5. The number of rotatable bonds is 4. The molecular formula is C13H24ClN. The minimum Gasteiger partial charge on any atom is -0.310 e. The number of hydrogen-bond acceptors (Lipinski definition) is 1. The van der Waals surface area contributed by atoms with Crippen LogP contribution in [0, 0.1) is 5.92 Å². The van der Waals surface area contributed by atoms with Gasteiger partial charge in [-0.05, 0) is 38.1 Å². The molecule has 2 saturated carbocycles. The van der Waals surface area contributed by atoms with Gasteiger partial charge in [-0.2, -0.15) is 0 Å². The standard InChI is InChI=1S/C13H24ClN/c14-11-13(8-4-1-5-9-13)15-10-12-6-2-3-7-12/h12,15H,1-11H2. The highest BCUT2D eigenvalue weighted by molar-refractivity contribution is 6.18. The Morgan fingerprint density at radius 3 is 2.27 bits per heavy atom. The fourth-order valence-corrected chi connectivity index (χ4v) is 3.52. The molecule has 0 heterocycles. The molecule has 0 atom stereocenters. The van der Waals surface area contributed by atoms with E-state index in [2.05, 4.69) is 5.32 Å². The highest BCUT2D eigenvalue weighted by Gasteiger charge is 2.31. The average molecular weight is 230 g/mol. The van der Waals surface area contributed by atoms with E-state index in [4.69, 9.17) is 11.6 Å². The highest BCUT2D eigenvalue weighted by atomic mass is 35.5. The normalized spacial score (nSPS) is 27.0. The predicted octanol–water partition coefficient (Wildman–Crippen LogP) is 3.71. The van der Waals surface area contributed by atoms with Crippen molar-refractivity contribution in [1.29, 1.82) is 0 Å². The SMILES string of the molecule is ClCC1(NCC2CCCC2)CCCCC1. The molecule has 0 aromatic heterocycles. The van der Waals surface area contributed by atoms with E-state index in [1.165, 1.54) is 64.3 Å². The molecule has 1 N–H and O–H groups in total. The largest absolute Gasteiger partial charge is 0.310 e. The summed E-state index contributed by atoms with van der Waals surface area (Å²) in [6, 6.07) is 0. The molecule has 15 heavy (non-hydrogen) atoms. The first-order chi connectivity index (χ1) is 7.35. The molecule has 2 heteroatoms. The average Bonchev–Trinajstić information content (AvgIpc) is 2.81. The van der Waals surface area contributed by atoms with Crippen LogP contribution >= 0.6 is 11.6 Å². The summed E-state index contributed by atoms with van der Waals surface area (Å²) in [6.45, 7) is 1.22. The van der Waals surface area contributed by atoms with Crippen molar-refractivity contribution in [3.05, 3.63) is 0 Å². The Labute approximate surface area is 99.0 Å². The lowest BCUT2D eigenvalue weighted by molar-refractivity contribution is 0.244. The van der Waals surface area contributed by atoms with Gasteiger partial charge in [0.1, 0.15) is 0 Å². The molecule has 2 aliphatic rings. The molecule has 0 unspecified atom stereocenters. The second-order valence-corrected chi connectivity index (χ2v) is 5.77. The number of halogens is 1. The maximum Gasteiger partial charge on any atom is 0.0406 e. The molecule has 2 fully saturated rings. The van der Waals surface area contributed by atoms with Gasteiger partial charge in [0.2, 0.25) is 0 Å². The summed E-state index contributed by atoms with van der Waals surface area (Å²) >= 11 is 6.16. The quantitative estimate of drug-likeness (QED) is 0.725. The van der Waals surface area contributed by atoms with Crippen LogP contribution in [0.4, 0.5) is 0 Å². The Kier molecular flexibility index (Phi) is 4.33. The fourth-order valence-electron chi connectivity index (χ4n) is 3.16. The smallest absolute Gasteiger partial charge is 0.0406 e. The maximum atomic E-state index is 6.16. The molecule has 0 aliphatic heterocycles. The first kappa shape index (κ1) is 11.7. The van der Waals surface area contributed by atoms with Crippen molar-refractivity contribution < 1.29 is 0 Å². The Balaban J connectivity index is 1.78. The summed E-state index contributed by atoms with van der Waals surface area (Å²) in [5.41, 5.74) is 0.294. The van der Waals surface area contributed by atoms with Gasteiger partial charge in [-0.1, -0.05) is 32.1 Å². The second-order valence-electron chi connectivity index (χ2n) is 5.51. The summed E-state index contributed by atoms with van der Waals surface area (Å²) < 4.78 is 0. The number of alkyl halides is 1. The molecule has 2 rings (SSSR count). The van der Waals surface area contributed by atoms with Crippen molar-refractivity contribution in [3.8, 4) is 0 Å². The lowest BCUT2D eigenvalue weighted by Crippen LogP contribution is -2.49. The zero-order valence-electron chi connectivity index (χ0n) is 9.73. The van der Waals surface area contributed by atoms with Crippen molar-refractivity contribution in [3.63, 3.8) is 0 Å². The summed E-state index contributed by atoms with van der Waals surface area (Å²) in [5.74, 6) is 1.74. The zero-order chi connectivity index (χ0) is 10.6. The summed E-state index contributed by atoms with van der Waals surface area (Å²) in [7, 11) is 0. The van der Waals surface area contributed by atoms with Crippen LogP contribution in [-0.4, -0.2) is 18.0 Å². The van der Waals surface area contributed by atoms with Gasteiger partial charge in [0.15, 0.2) is 0 Å². The van der Waals surface area contributed by atoms with Gasteiger partial charge in [0.05, 0.1) is 0 Å². The van der Waals surface area contributed by atoms with Crippen molar-refractivity contribution in [2.45, 2.75) is 63.3 Å². The molecule has 0 amide bonds. The van der Waals surface area contributed by atoms with E-state index in [0.717, 1.165) is 11.8 Å². The fraction of sp³-hybridized carbons (Fsp3) is 1.00. The molecule has 0 bridgehead atoms. The van der Waals surface area contributed by atoms with Crippen LogP contribution < -0.4 is 5.32 Å². The van der Waals surface area contributed by atoms with Crippen LogP contribution in [0.2, 0.25) is 0 Å². The zero-order valence-corrected chi connectivity index (χ0v) is 10.5. The van der Waals surface area contributed by atoms with E-state index in [1.54, 1.807) is 0 Å². The molecule has 0 saturated heterocycles. The minimum atomic E-state index is 0.294. The van der Waals surface area contributed by atoms with Crippen molar-refractivity contribution in [1.82, 2.24) is 5.32 Å². The van der Waals surface area contributed by atoms with E-state index in [-0.39, 0.29) is 0 Å². The molecule has 0 aromatic rings. The second kappa shape index (κ2) is 5.54. The highest BCUT2D eigenvalue weighted by Crippen LogP contribution is 2.31. The van der Waals surface area contributed by atoms with Crippen LogP contribution in [-0.2, 0) is 0 Å². The van der Waals surface area contributed by atoms with E-state index < -0.39 is 0 Å². The minimum absolute atomic E-state index is 0.294. The Morgan fingerprint density at radius 2 is 1.67 bits per heavy atom.